The van der Waals surface area contributed by atoms with Gasteiger partial charge in [-0.1, -0.05) is 0 Å². The molecule has 0 fully saturated rings. The Hall–Kier alpha value is -2.04. The molecule has 3 N–H and O–H groups in total. The smallest absolute Gasteiger partial charge is 0.240 e. The molecule has 1 aliphatic rings. The Balaban J connectivity index is 2.15. The van der Waals surface area contributed by atoms with Gasteiger partial charge in [-0.25, -0.2) is 0 Å². The molecule has 2 aromatic rings. The van der Waals surface area contributed by atoms with Crippen LogP contribution in [-0.2, 0) is 11.2 Å². The number of carbonyl (C=O) groups is 1. The molecule has 0 bridgehead atoms. The highest BCUT2D eigenvalue weighted by molar-refractivity contribution is 5.97. The van der Waals surface area contributed by atoms with Gasteiger partial charge in [-0.05, 0) is 0 Å². The van der Waals surface area contributed by atoms with Crippen molar-refractivity contribution in [3.63, 3.8) is 0 Å². The van der Waals surface area contributed by atoms with Gasteiger partial charge in [0.05, 0.1) is 17.6 Å². The van der Waals surface area contributed by atoms with Gasteiger partial charge in [0, 0.05) is 23.4 Å². The van der Waals surface area contributed by atoms with E-state index < -0.39 is 0 Å². The lowest BCUT2D eigenvalue weighted by molar-refractivity contribution is -0.118. The van der Waals surface area contributed by atoms with Crippen molar-refractivity contribution in [3.05, 3.63) is 24.4 Å². The third kappa shape index (κ3) is 1.09. The van der Waals surface area contributed by atoms with Crippen molar-refractivity contribution in [2.24, 2.45) is 5.73 Å². The second kappa shape index (κ2) is 2.73. The summed E-state index contributed by atoms with van der Waals surface area (Å²) < 4.78 is 5.09. The first-order valence-corrected chi connectivity index (χ1v) is 4.65. The van der Waals surface area contributed by atoms with Gasteiger partial charge >= 0.3 is 0 Å². The van der Waals surface area contributed by atoms with Gasteiger partial charge < -0.3 is 15.5 Å². The maximum atomic E-state index is 11.1. The maximum Gasteiger partial charge on any atom is 0.240 e. The van der Waals surface area contributed by atoms with Crippen molar-refractivity contribution in [2.75, 3.05) is 5.32 Å². The number of amides is 1. The van der Waals surface area contributed by atoms with E-state index in [1.54, 1.807) is 18.7 Å². The van der Waals surface area contributed by atoms with Crippen molar-refractivity contribution in [1.29, 1.82) is 0 Å². The molecule has 1 unspecified atom stereocenters. The Kier molecular flexibility index (Phi) is 1.50. The van der Waals surface area contributed by atoms with Crippen molar-refractivity contribution < 1.29 is 9.21 Å². The van der Waals surface area contributed by atoms with E-state index in [0.29, 0.717) is 6.42 Å². The van der Waals surface area contributed by atoms with E-state index in [4.69, 9.17) is 10.2 Å². The van der Waals surface area contributed by atoms with E-state index in [9.17, 15) is 4.79 Å². The van der Waals surface area contributed by atoms with Crippen molar-refractivity contribution in [3.8, 4) is 0 Å². The van der Waals surface area contributed by atoms with Crippen LogP contribution in [0.5, 0.6) is 0 Å². The Morgan fingerprint density at radius 3 is 3.27 bits per heavy atom. The number of rotatable bonds is 1. The van der Waals surface area contributed by atoms with E-state index in [1.807, 2.05) is 0 Å². The number of primary amides is 1. The fraction of sp³-hybridized carbons (Fsp3) is 0.200. The van der Waals surface area contributed by atoms with Crippen molar-refractivity contribution in [2.45, 2.75) is 12.5 Å². The summed E-state index contributed by atoms with van der Waals surface area (Å²) in [5.41, 5.74) is 6.98. The molecule has 0 aromatic carbocycles. The molecule has 3 heterocycles. The molecule has 0 saturated carbocycles. The first kappa shape index (κ1) is 8.28. The molecule has 5 heteroatoms. The van der Waals surface area contributed by atoms with Crippen LogP contribution < -0.4 is 11.1 Å². The van der Waals surface area contributed by atoms with E-state index in [-0.39, 0.29) is 11.9 Å². The minimum Gasteiger partial charge on any atom is -0.471 e. The molecule has 1 atom stereocenters. The highest BCUT2D eigenvalue weighted by atomic mass is 16.3. The third-order valence-corrected chi connectivity index (χ3v) is 2.67. The fourth-order valence-electron chi connectivity index (χ4n) is 1.88. The minimum absolute atomic E-state index is 0.354. The zero-order chi connectivity index (χ0) is 10.4. The van der Waals surface area contributed by atoms with Crippen LogP contribution in [-0.4, -0.2) is 16.9 Å². The lowest BCUT2D eigenvalue weighted by Crippen LogP contribution is -2.33. The molecular formula is C10H9N3O2. The number of fused-ring (bicyclic) bond motifs is 3. The topological polar surface area (TPSA) is 81.2 Å². The zero-order valence-electron chi connectivity index (χ0n) is 7.86. The van der Waals surface area contributed by atoms with Gasteiger partial charge in [-0.2, -0.15) is 0 Å². The highest BCUT2D eigenvalue weighted by Crippen LogP contribution is 2.32. The number of nitrogens with zero attached hydrogens (tertiary/aromatic N) is 1. The lowest BCUT2D eigenvalue weighted by atomic mass is 10.2. The zero-order valence-corrected chi connectivity index (χ0v) is 7.86. The first-order chi connectivity index (χ1) is 7.25. The Labute approximate surface area is 85.3 Å². The minimum atomic E-state index is -0.357. The molecule has 76 valence electrons. The predicted octanol–water partition coefficient (Wildman–Crippen LogP) is 0.650. The quantitative estimate of drug-likeness (QED) is 0.713. The van der Waals surface area contributed by atoms with E-state index in [0.717, 1.165) is 22.2 Å². The van der Waals surface area contributed by atoms with Gasteiger partial charge in [0.25, 0.3) is 0 Å². The molecule has 0 saturated heterocycles. The number of carbonyl (C=O) groups excluding carboxylic acids is 1. The van der Waals surface area contributed by atoms with Gasteiger partial charge in [-0.3, -0.25) is 9.78 Å². The van der Waals surface area contributed by atoms with Gasteiger partial charge in [-0.15, -0.1) is 0 Å². The lowest BCUT2D eigenvalue weighted by Gasteiger charge is -2.04. The molecule has 1 amide bonds. The standard InChI is InChI=1S/C10H9N3O2/c11-10(14)8-1-7-9(13-8)6-4-15-3-5(6)2-12-7/h2-4,8,13H,1H2,(H2,11,14). The van der Waals surface area contributed by atoms with Crippen LogP contribution in [0.1, 0.15) is 5.69 Å². The number of hydrogen-bond acceptors (Lipinski definition) is 4. The van der Waals surface area contributed by atoms with Crippen molar-refractivity contribution in [1.82, 2.24) is 4.98 Å². The number of anilines is 1. The van der Waals surface area contributed by atoms with Crippen LogP contribution in [0.25, 0.3) is 10.8 Å². The Bertz CT molecular complexity index is 547. The van der Waals surface area contributed by atoms with E-state index >= 15 is 0 Å². The SMILES string of the molecule is NC(=O)C1Cc2ncc3cocc3c2N1. The molecule has 1 aliphatic heterocycles. The summed E-state index contributed by atoms with van der Waals surface area (Å²) >= 11 is 0. The number of aromatic nitrogens is 1. The molecule has 15 heavy (non-hydrogen) atoms. The average Bonchev–Trinajstić information content (AvgIpc) is 2.82. The fourth-order valence-corrected chi connectivity index (χ4v) is 1.88. The highest BCUT2D eigenvalue weighted by Gasteiger charge is 2.27. The van der Waals surface area contributed by atoms with E-state index in [2.05, 4.69) is 10.3 Å². The van der Waals surface area contributed by atoms with Crippen LogP contribution in [0, 0.1) is 0 Å². The Morgan fingerprint density at radius 2 is 2.47 bits per heavy atom. The van der Waals surface area contributed by atoms with Gasteiger partial charge in [0.1, 0.15) is 12.3 Å². The van der Waals surface area contributed by atoms with E-state index in [1.165, 1.54) is 0 Å². The maximum absolute atomic E-state index is 11.1. The number of pyridine rings is 1. The molecular weight excluding hydrogens is 194 g/mol. The van der Waals surface area contributed by atoms with Crippen LogP contribution in [0.3, 0.4) is 0 Å². The largest absolute Gasteiger partial charge is 0.471 e. The molecule has 0 radical (unpaired) electrons. The normalized spacial score (nSPS) is 18.8. The molecule has 5 nitrogen and oxygen atoms in total. The summed E-state index contributed by atoms with van der Waals surface area (Å²) in [6.45, 7) is 0. The van der Waals surface area contributed by atoms with Crippen LogP contribution in [0.4, 0.5) is 5.69 Å². The number of nitrogens with two attached hydrogens (primary N) is 1. The molecule has 2 aromatic heterocycles. The summed E-state index contributed by atoms with van der Waals surface area (Å²) in [5.74, 6) is -0.357. The van der Waals surface area contributed by atoms with Crippen molar-refractivity contribution >= 4 is 22.4 Å². The van der Waals surface area contributed by atoms with Gasteiger partial charge in [0.15, 0.2) is 0 Å². The summed E-state index contributed by atoms with van der Waals surface area (Å²) in [6.07, 6.45) is 5.56. The summed E-state index contributed by atoms with van der Waals surface area (Å²) in [7, 11) is 0. The van der Waals surface area contributed by atoms with Gasteiger partial charge in [0.2, 0.25) is 5.91 Å². The monoisotopic (exact) mass is 203 g/mol. The van der Waals surface area contributed by atoms with Crippen LogP contribution in [0.2, 0.25) is 0 Å². The first-order valence-electron chi connectivity index (χ1n) is 4.65. The third-order valence-electron chi connectivity index (χ3n) is 2.67. The molecule has 3 rings (SSSR count). The number of furan rings is 1. The average molecular weight is 203 g/mol. The second-order valence-electron chi connectivity index (χ2n) is 3.62. The van der Waals surface area contributed by atoms with Crippen LogP contribution in [0.15, 0.2) is 23.1 Å². The molecule has 0 aliphatic carbocycles. The number of nitrogens with one attached hydrogen (secondary N) is 1. The summed E-state index contributed by atoms with van der Waals surface area (Å²) in [6, 6.07) is -0.354. The molecule has 0 spiro atoms. The summed E-state index contributed by atoms with van der Waals surface area (Å²) in [4.78, 5) is 15.3. The number of hydrogen-bond donors (Lipinski definition) is 2. The predicted molar refractivity (Wildman–Crippen MR) is 54.3 cm³/mol. The summed E-state index contributed by atoms with van der Waals surface area (Å²) in [5, 5.41) is 4.94. The second-order valence-corrected chi connectivity index (χ2v) is 3.62. The van der Waals surface area contributed by atoms with Crippen LogP contribution >= 0.6 is 0 Å². The Morgan fingerprint density at radius 1 is 1.60 bits per heavy atom.